The third-order valence-electron chi connectivity index (χ3n) is 2.69. The first kappa shape index (κ1) is 11.8. The molecule has 1 aromatic heterocycles. The summed E-state index contributed by atoms with van der Waals surface area (Å²) < 4.78 is 16.1. The Balaban J connectivity index is 1.80. The Labute approximate surface area is 110 Å². The minimum Gasteiger partial charge on any atom is -0.454 e. The van der Waals surface area contributed by atoms with Crippen LogP contribution in [-0.2, 0) is 5.41 Å². The average molecular weight is 261 g/mol. The molecule has 1 aromatic carbocycles. The lowest BCUT2D eigenvalue weighted by Gasteiger charge is -2.11. The molecule has 0 amide bonds. The van der Waals surface area contributed by atoms with Crippen molar-refractivity contribution in [3.05, 3.63) is 24.1 Å². The van der Waals surface area contributed by atoms with Gasteiger partial charge in [0.2, 0.25) is 12.7 Å². The Morgan fingerprint density at radius 2 is 1.89 bits per heavy atom. The van der Waals surface area contributed by atoms with Gasteiger partial charge < -0.3 is 19.2 Å². The lowest BCUT2D eigenvalue weighted by atomic mass is 9.97. The number of fused-ring (bicyclic) bond motifs is 1. The smallest absolute Gasteiger partial charge is 0.320 e. The predicted octanol–water partition coefficient (Wildman–Crippen LogP) is 2.84. The number of ether oxygens (including phenoxy) is 2. The maximum absolute atomic E-state index is 5.57. The van der Waals surface area contributed by atoms with E-state index >= 15 is 0 Å². The minimum absolute atomic E-state index is 0.165. The highest BCUT2D eigenvalue weighted by atomic mass is 16.7. The molecule has 0 bridgehead atoms. The van der Waals surface area contributed by atoms with Crippen LogP contribution in [0.3, 0.4) is 0 Å². The highest BCUT2D eigenvalue weighted by Crippen LogP contribution is 2.35. The van der Waals surface area contributed by atoms with Crippen LogP contribution in [-0.4, -0.2) is 17.0 Å². The topological polar surface area (TPSA) is 69.4 Å². The zero-order valence-electron chi connectivity index (χ0n) is 11.1. The first-order valence-electron chi connectivity index (χ1n) is 6.03. The third kappa shape index (κ3) is 2.33. The molecule has 19 heavy (non-hydrogen) atoms. The van der Waals surface area contributed by atoms with Gasteiger partial charge in [-0.2, -0.15) is 0 Å². The minimum atomic E-state index is -0.165. The SMILES string of the molecule is CC(C)(C)c1nnc(Nc2ccc3c(c2)OCO3)o1. The normalized spacial score (nSPS) is 13.6. The van der Waals surface area contributed by atoms with Gasteiger partial charge in [-0.25, -0.2) is 0 Å². The molecule has 3 rings (SSSR count). The van der Waals surface area contributed by atoms with Crippen molar-refractivity contribution in [1.29, 1.82) is 0 Å². The summed E-state index contributed by atoms with van der Waals surface area (Å²) in [6, 6.07) is 5.91. The van der Waals surface area contributed by atoms with E-state index in [9.17, 15) is 0 Å². The fraction of sp³-hybridized carbons (Fsp3) is 0.385. The van der Waals surface area contributed by atoms with Crippen LogP contribution in [0.4, 0.5) is 11.7 Å². The summed E-state index contributed by atoms with van der Waals surface area (Å²) in [6.07, 6.45) is 0. The summed E-state index contributed by atoms with van der Waals surface area (Å²) in [5.41, 5.74) is 0.648. The first-order valence-corrected chi connectivity index (χ1v) is 6.03. The molecule has 2 heterocycles. The summed E-state index contributed by atoms with van der Waals surface area (Å²) in [6.45, 7) is 6.31. The fourth-order valence-corrected chi connectivity index (χ4v) is 1.67. The Morgan fingerprint density at radius 3 is 2.63 bits per heavy atom. The molecular formula is C13H15N3O3. The molecule has 1 aliphatic heterocycles. The van der Waals surface area contributed by atoms with Crippen molar-refractivity contribution < 1.29 is 13.9 Å². The lowest BCUT2D eigenvalue weighted by molar-refractivity contribution is 0.174. The number of aromatic nitrogens is 2. The number of hydrogen-bond donors (Lipinski definition) is 1. The van der Waals surface area contributed by atoms with Crippen molar-refractivity contribution in [2.75, 3.05) is 12.1 Å². The van der Waals surface area contributed by atoms with Crippen molar-refractivity contribution in [1.82, 2.24) is 10.2 Å². The zero-order chi connectivity index (χ0) is 13.5. The Hall–Kier alpha value is -2.24. The Kier molecular flexibility index (Phi) is 2.58. The largest absolute Gasteiger partial charge is 0.454 e. The van der Waals surface area contributed by atoms with Gasteiger partial charge in [0.1, 0.15) is 0 Å². The maximum Gasteiger partial charge on any atom is 0.320 e. The first-order chi connectivity index (χ1) is 9.02. The molecule has 1 N–H and O–H groups in total. The molecule has 0 atom stereocenters. The summed E-state index contributed by atoms with van der Waals surface area (Å²) >= 11 is 0. The monoisotopic (exact) mass is 261 g/mol. The predicted molar refractivity (Wildman–Crippen MR) is 68.8 cm³/mol. The van der Waals surface area contributed by atoms with Gasteiger partial charge >= 0.3 is 6.01 Å². The van der Waals surface area contributed by atoms with Crippen molar-refractivity contribution in [3.8, 4) is 11.5 Å². The summed E-state index contributed by atoms with van der Waals surface area (Å²) in [5, 5.41) is 11.0. The van der Waals surface area contributed by atoms with Crippen molar-refractivity contribution in [3.63, 3.8) is 0 Å². The molecule has 6 heteroatoms. The molecule has 100 valence electrons. The van der Waals surface area contributed by atoms with Crippen LogP contribution < -0.4 is 14.8 Å². The third-order valence-corrected chi connectivity index (χ3v) is 2.69. The molecule has 0 saturated heterocycles. The molecule has 0 spiro atoms. The van der Waals surface area contributed by atoms with E-state index < -0.39 is 0 Å². The standard InChI is InChI=1S/C13H15N3O3/c1-13(2,3)11-15-16-12(19-11)14-8-4-5-9-10(6-8)18-7-17-9/h4-6H,7H2,1-3H3,(H,14,16). The van der Waals surface area contributed by atoms with Crippen LogP contribution in [0, 0.1) is 0 Å². The van der Waals surface area contributed by atoms with Crippen LogP contribution in [0.5, 0.6) is 11.5 Å². The van der Waals surface area contributed by atoms with Crippen LogP contribution in [0.25, 0.3) is 0 Å². The van der Waals surface area contributed by atoms with Crippen molar-refractivity contribution in [2.45, 2.75) is 26.2 Å². The van der Waals surface area contributed by atoms with Gasteiger partial charge in [-0.3, -0.25) is 0 Å². The van der Waals surface area contributed by atoms with E-state index in [0.717, 1.165) is 11.4 Å². The molecule has 0 unspecified atom stereocenters. The van der Waals surface area contributed by atoms with E-state index in [1.807, 2.05) is 39.0 Å². The second kappa shape index (κ2) is 4.15. The second-order valence-corrected chi connectivity index (χ2v) is 5.36. The van der Waals surface area contributed by atoms with Crippen molar-refractivity contribution >= 4 is 11.7 Å². The van der Waals surface area contributed by atoms with Crippen LogP contribution in [0.2, 0.25) is 0 Å². The van der Waals surface area contributed by atoms with Gasteiger partial charge in [0, 0.05) is 17.2 Å². The number of anilines is 2. The highest BCUT2D eigenvalue weighted by Gasteiger charge is 2.21. The highest BCUT2D eigenvalue weighted by molar-refractivity contribution is 5.59. The molecule has 0 fully saturated rings. The molecule has 2 aromatic rings. The van der Waals surface area contributed by atoms with Gasteiger partial charge in [0.05, 0.1) is 0 Å². The summed E-state index contributed by atoms with van der Waals surface area (Å²) in [4.78, 5) is 0. The molecule has 0 saturated carbocycles. The van der Waals surface area contributed by atoms with Gasteiger partial charge in [0.25, 0.3) is 0 Å². The number of hydrogen-bond acceptors (Lipinski definition) is 6. The van der Waals surface area contributed by atoms with Crippen molar-refractivity contribution in [2.24, 2.45) is 0 Å². The van der Waals surface area contributed by atoms with Gasteiger partial charge in [-0.15, -0.1) is 5.10 Å². The fourth-order valence-electron chi connectivity index (χ4n) is 1.67. The summed E-state index contributed by atoms with van der Waals surface area (Å²) in [5.74, 6) is 2.04. The molecular weight excluding hydrogens is 246 g/mol. The average Bonchev–Trinajstić information content (AvgIpc) is 2.95. The van der Waals surface area contributed by atoms with E-state index in [1.54, 1.807) is 0 Å². The molecule has 6 nitrogen and oxygen atoms in total. The van der Waals surface area contributed by atoms with E-state index in [1.165, 1.54) is 0 Å². The van der Waals surface area contributed by atoms with Gasteiger partial charge in [-0.1, -0.05) is 25.9 Å². The number of nitrogens with one attached hydrogen (secondary N) is 1. The summed E-state index contributed by atoms with van der Waals surface area (Å²) in [7, 11) is 0. The number of nitrogens with zero attached hydrogens (tertiary/aromatic N) is 2. The Morgan fingerprint density at radius 1 is 1.11 bits per heavy atom. The molecule has 0 radical (unpaired) electrons. The molecule has 0 aliphatic carbocycles. The number of benzene rings is 1. The van der Waals surface area contributed by atoms with Crippen LogP contribution >= 0.6 is 0 Å². The van der Waals surface area contributed by atoms with Gasteiger partial charge in [-0.05, 0) is 12.1 Å². The van der Waals surface area contributed by atoms with Crippen LogP contribution in [0.1, 0.15) is 26.7 Å². The molecule has 1 aliphatic rings. The zero-order valence-corrected chi connectivity index (χ0v) is 11.1. The second-order valence-electron chi connectivity index (χ2n) is 5.36. The van der Waals surface area contributed by atoms with E-state index in [-0.39, 0.29) is 12.2 Å². The van der Waals surface area contributed by atoms with E-state index in [2.05, 4.69) is 15.5 Å². The van der Waals surface area contributed by atoms with Gasteiger partial charge in [0.15, 0.2) is 11.5 Å². The Bertz CT molecular complexity index is 601. The number of rotatable bonds is 2. The van der Waals surface area contributed by atoms with E-state index in [0.29, 0.717) is 17.7 Å². The maximum atomic E-state index is 5.57. The van der Waals surface area contributed by atoms with E-state index in [4.69, 9.17) is 13.9 Å². The quantitative estimate of drug-likeness (QED) is 0.896. The van der Waals surface area contributed by atoms with Crippen LogP contribution in [0.15, 0.2) is 22.6 Å². The lowest BCUT2D eigenvalue weighted by Crippen LogP contribution is -2.11.